The van der Waals surface area contributed by atoms with E-state index in [4.69, 9.17) is 4.52 Å². The van der Waals surface area contributed by atoms with Crippen molar-refractivity contribution in [3.63, 3.8) is 0 Å². The van der Waals surface area contributed by atoms with E-state index in [1.807, 2.05) is 17.5 Å². The number of hydrogen-bond acceptors (Lipinski definition) is 5. The molecule has 2 aromatic rings. The number of nitrogens with zero attached hydrogens (tertiary/aromatic N) is 2. The fourth-order valence-corrected chi connectivity index (χ4v) is 2.42. The van der Waals surface area contributed by atoms with Crippen LogP contribution >= 0.6 is 11.3 Å². The van der Waals surface area contributed by atoms with Crippen molar-refractivity contribution in [3.05, 3.63) is 23.4 Å². The summed E-state index contributed by atoms with van der Waals surface area (Å²) in [4.78, 5) is 5.49. The van der Waals surface area contributed by atoms with Gasteiger partial charge in [0.15, 0.2) is 0 Å². The molecule has 15 heavy (non-hydrogen) atoms. The third kappa shape index (κ3) is 1.68. The van der Waals surface area contributed by atoms with E-state index in [9.17, 15) is 0 Å². The smallest absolute Gasteiger partial charge is 0.231 e. The molecule has 78 valence electrons. The van der Waals surface area contributed by atoms with Crippen LogP contribution in [0.15, 0.2) is 22.0 Å². The van der Waals surface area contributed by atoms with Crippen molar-refractivity contribution in [3.8, 4) is 10.7 Å². The molecular formula is C10H11N3OS. The van der Waals surface area contributed by atoms with Crippen LogP contribution in [0.5, 0.6) is 0 Å². The minimum atomic E-state index is 0.395. The number of aromatic nitrogens is 2. The molecule has 0 radical (unpaired) electrons. The van der Waals surface area contributed by atoms with Gasteiger partial charge in [0.25, 0.3) is 0 Å². The van der Waals surface area contributed by atoms with Crippen molar-refractivity contribution in [2.45, 2.75) is 12.3 Å². The van der Waals surface area contributed by atoms with Crippen molar-refractivity contribution < 1.29 is 4.52 Å². The Balaban J connectivity index is 1.87. The van der Waals surface area contributed by atoms with E-state index >= 15 is 0 Å². The fraction of sp³-hybridized carbons (Fsp3) is 0.400. The molecule has 1 N–H and O–H groups in total. The van der Waals surface area contributed by atoms with Gasteiger partial charge in [0.1, 0.15) is 0 Å². The molecule has 0 aliphatic carbocycles. The van der Waals surface area contributed by atoms with Gasteiger partial charge in [-0.15, -0.1) is 11.3 Å². The molecule has 1 fully saturated rings. The van der Waals surface area contributed by atoms with Crippen LogP contribution in [0, 0.1) is 0 Å². The van der Waals surface area contributed by atoms with Crippen LogP contribution < -0.4 is 5.32 Å². The highest BCUT2D eigenvalue weighted by Crippen LogP contribution is 2.25. The summed E-state index contributed by atoms with van der Waals surface area (Å²) in [6, 6.07) is 4.00. The summed E-state index contributed by atoms with van der Waals surface area (Å²) in [6.07, 6.45) is 1.09. The van der Waals surface area contributed by atoms with E-state index < -0.39 is 0 Å². The van der Waals surface area contributed by atoms with Crippen LogP contribution in [0.3, 0.4) is 0 Å². The van der Waals surface area contributed by atoms with E-state index in [0.717, 1.165) is 30.3 Å². The van der Waals surface area contributed by atoms with Gasteiger partial charge >= 0.3 is 0 Å². The molecule has 0 bridgehead atoms. The molecule has 3 heterocycles. The lowest BCUT2D eigenvalue weighted by Crippen LogP contribution is -2.08. The summed E-state index contributed by atoms with van der Waals surface area (Å²) in [6.45, 7) is 1.99. The largest absolute Gasteiger partial charge is 0.339 e. The van der Waals surface area contributed by atoms with Gasteiger partial charge in [-0.2, -0.15) is 4.98 Å². The summed E-state index contributed by atoms with van der Waals surface area (Å²) >= 11 is 1.63. The Labute approximate surface area is 91.3 Å². The monoisotopic (exact) mass is 221 g/mol. The number of nitrogens with one attached hydrogen (secondary N) is 1. The van der Waals surface area contributed by atoms with E-state index in [1.54, 1.807) is 11.3 Å². The average molecular weight is 221 g/mol. The molecule has 1 aliphatic rings. The van der Waals surface area contributed by atoms with Gasteiger partial charge in [0.2, 0.25) is 11.7 Å². The van der Waals surface area contributed by atoms with Gasteiger partial charge < -0.3 is 9.84 Å². The molecule has 0 saturated carbocycles. The van der Waals surface area contributed by atoms with Gasteiger partial charge in [-0.05, 0) is 24.4 Å². The molecule has 3 rings (SSSR count). The number of rotatable bonds is 2. The lowest BCUT2D eigenvalue weighted by molar-refractivity contribution is 0.359. The minimum absolute atomic E-state index is 0.395. The van der Waals surface area contributed by atoms with Crippen molar-refractivity contribution in [1.29, 1.82) is 0 Å². The number of hydrogen-bond donors (Lipinski definition) is 1. The van der Waals surface area contributed by atoms with Gasteiger partial charge in [-0.3, -0.25) is 0 Å². The molecule has 1 atom stereocenters. The second kappa shape index (κ2) is 3.75. The Morgan fingerprint density at radius 3 is 3.27 bits per heavy atom. The van der Waals surface area contributed by atoms with Crippen molar-refractivity contribution >= 4 is 11.3 Å². The maximum absolute atomic E-state index is 5.28. The van der Waals surface area contributed by atoms with Crippen LogP contribution in [0.2, 0.25) is 0 Å². The standard InChI is InChI=1S/C10H11N3OS/c1-2-8(15-5-1)9-12-10(14-13-9)7-3-4-11-6-7/h1-2,5,7,11H,3-4,6H2. The highest BCUT2D eigenvalue weighted by atomic mass is 32.1. The first-order chi connectivity index (χ1) is 7.43. The van der Waals surface area contributed by atoms with Crippen LogP contribution in [-0.2, 0) is 0 Å². The minimum Gasteiger partial charge on any atom is -0.339 e. The van der Waals surface area contributed by atoms with E-state index in [0.29, 0.717) is 11.7 Å². The van der Waals surface area contributed by atoms with Crippen molar-refractivity contribution in [1.82, 2.24) is 15.5 Å². The SMILES string of the molecule is c1csc(-c2noc(C3CCNC3)n2)c1. The highest BCUT2D eigenvalue weighted by molar-refractivity contribution is 7.13. The summed E-state index contributed by atoms with van der Waals surface area (Å²) in [7, 11) is 0. The zero-order chi connectivity index (χ0) is 10.1. The topological polar surface area (TPSA) is 51.0 Å². The summed E-state index contributed by atoms with van der Waals surface area (Å²) in [5.41, 5.74) is 0. The van der Waals surface area contributed by atoms with Crippen LogP contribution in [-0.4, -0.2) is 23.2 Å². The average Bonchev–Trinajstić information content (AvgIpc) is 3.02. The maximum Gasteiger partial charge on any atom is 0.231 e. The maximum atomic E-state index is 5.28. The Morgan fingerprint density at radius 1 is 1.53 bits per heavy atom. The van der Waals surface area contributed by atoms with Crippen LogP contribution in [0.1, 0.15) is 18.2 Å². The Morgan fingerprint density at radius 2 is 2.53 bits per heavy atom. The molecule has 5 heteroatoms. The first kappa shape index (κ1) is 9.06. The highest BCUT2D eigenvalue weighted by Gasteiger charge is 2.23. The molecule has 0 spiro atoms. The van der Waals surface area contributed by atoms with Crippen LogP contribution in [0.4, 0.5) is 0 Å². The molecule has 1 saturated heterocycles. The zero-order valence-electron chi connectivity index (χ0n) is 8.14. The first-order valence-corrected chi connectivity index (χ1v) is 5.89. The van der Waals surface area contributed by atoms with Crippen LogP contribution in [0.25, 0.3) is 10.7 Å². The van der Waals surface area contributed by atoms with Crippen molar-refractivity contribution in [2.24, 2.45) is 0 Å². The molecule has 2 aromatic heterocycles. The second-order valence-electron chi connectivity index (χ2n) is 3.62. The summed E-state index contributed by atoms with van der Waals surface area (Å²) in [5, 5.41) is 9.31. The normalized spacial score (nSPS) is 20.9. The zero-order valence-corrected chi connectivity index (χ0v) is 8.96. The Hall–Kier alpha value is -1.20. The van der Waals surface area contributed by atoms with E-state index in [1.165, 1.54) is 0 Å². The summed E-state index contributed by atoms with van der Waals surface area (Å²) < 4.78 is 5.28. The lowest BCUT2D eigenvalue weighted by Gasteiger charge is -1.98. The van der Waals surface area contributed by atoms with Gasteiger partial charge in [-0.1, -0.05) is 11.2 Å². The lowest BCUT2D eigenvalue weighted by atomic mass is 10.1. The third-order valence-corrected chi connectivity index (χ3v) is 3.46. The van der Waals surface area contributed by atoms with Gasteiger partial charge in [0, 0.05) is 6.54 Å². The molecule has 1 aliphatic heterocycles. The first-order valence-electron chi connectivity index (χ1n) is 5.01. The van der Waals surface area contributed by atoms with E-state index in [-0.39, 0.29) is 0 Å². The summed E-state index contributed by atoms with van der Waals surface area (Å²) in [5.74, 6) is 1.88. The van der Waals surface area contributed by atoms with Gasteiger partial charge in [0.05, 0.1) is 10.8 Å². The molecule has 0 amide bonds. The van der Waals surface area contributed by atoms with E-state index in [2.05, 4.69) is 15.5 Å². The quantitative estimate of drug-likeness (QED) is 0.841. The molecule has 1 unspecified atom stereocenters. The predicted molar refractivity (Wildman–Crippen MR) is 57.8 cm³/mol. The molecule has 0 aromatic carbocycles. The Kier molecular flexibility index (Phi) is 2.26. The number of thiophene rings is 1. The molecule has 4 nitrogen and oxygen atoms in total. The predicted octanol–water partition coefficient (Wildman–Crippen LogP) is 1.87. The second-order valence-corrected chi connectivity index (χ2v) is 4.57. The Bertz CT molecular complexity index is 431. The third-order valence-electron chi connectivity index (χ3n) is 2.59. The molecular weight excluding hydrogens is 210 g/mol. The van der Waals surface area contributed by atoms with Crippen molar-refractivity contribution in [2.75, 3.05) is 13.1 Å². The fourth-order valence-electron chi connectivity index (χ4n) is 1.77. The van der Waals surface area contributed by atoms with Gasteiger partial charge in [-0.25, -0.2) is 0 Å².